The van der Waals surface area contributed by atoms with Crippen molar-refractivity contribution in [1.29, 1.82) is 0 Å². The van der Waals surface area contributed by atoms with Gasteiger partial charge in [0.05, 0.1) is 32.7 Å². The van der Waals surface area contributed by atoms with E-state index in [-0.39, 0.29) is 15.9 Å². The molecule has 12 nitrogen and oxygen atoms in total. The fourth-order valence-corrected chi connectivity index (χ4v) is 4.70. The number of aromatic amines is 1. The summed E-state index contributed by atoms with van der Waals surface area (Å²) in [7, 11) is -8.87. The lowest BCUT2D eigenvalue weighted by Crippen LogP contribution is -2.19. The smallest absolute Gasteiger partial charge is 0.345 e. The van der Waals surface area contributed by atoms with Crippen LogP contribution in [0.1, 0.15) is 0 Å². The van der Waals surface area contributed by atoms with Gasteiger partial charge in [0.1, 0.15) is 11.8 Å². The standard InChI is InChI=1S/C14H10N4O8S3/c19-27(26-29(23,24)10-1-3-11-12(6-10)16-7-15-11)25-18-8-17-13-5-9(28(20,21)22)2-4-14(13)18/h1-8H,(H,15,16)(H,20,21,22). The predicted molar refractivity (Wildman–Crippen MR) is 98.6 cm³/mol. The molecule has 2 N–H and O–H groups in total. The quantitative estimate of drug-likeness (QED) is 0.389. The minimum Gasteiger partial charge on any atom is -0.345 e. The molecule has 2 aromatic carbocycles. The first-order valence-corrected chi connectivity index (χ1v) is 11.4. The van der Waals surface area contributed by atoms with Crippen LogP contribution in [0.4, 0.5) is 0 Å². The van der Waals surface area contributed by atoms with E-state index < -0.39 is 36.5 Å². The highest BCUT2D eigenvalue weighted by atomic mass is 32.3. The van der Waals surface area contributed by atoms with Crippen molar-refractivity contribution < 1.29 is 33.5 Å². The molecule has 2 heterocycles. The van der Waals surface area contributed by atoms with Gasteiger partial charge in [-0.3, -0.25) is 8.84 Å². The van der Waals surface area contributed by atoms with Crippen molar-refractivity contribution in [2.24, 2.45) is 0 Å². The number of nitrogens with one attached hydrogen (secondary N) is 1. The maximum absolute atomic E-state index is 12.3. The van der Waals surface area contributed by atoms with Crippen molar-refractivity contribution >= 4 is 53.7 Å². The zero-order valence-electron chi connectivity index (χ0n) is 14.0. The van der Waals surface area contributed by atoms with Crippen LogP contribution >= 0.6 is 0 Å². The molecule has 4 rings (SSSR count). The van der Waals surface area contributed by atoms with Crippen LogP contribution in [0.2, 0.25) is 0 Å². The summed E-state index contributed by atoms with van der Waals surface area (Å²) in [6.07, 6.45) is 2.42. The van der Waals surface area contributed by atoms with Crippen LogP contribution in [-0.2, 0) is 35.2 Å². The molecule has 0 aliphatic carbocycles. The Kier molecular flexibility index (Phi) is 4.62. The van der Waals surface area contributed by atoms with Crippen LogP contribution < -0.4 is 4.28 Å². The van der Waals surface area contributed by atoms with Crippen molar-refractivity contribution in [3.05, 3.63) is 49.1 Å². The molecule has 1 atom stereocenters. The van der Waals surface area contributed by atoms with Crippen LogP contribution in [0.3, 0.4) is 0 Å². The molecular formula is C14H10N4O8S3. The topological polar surface area (TPSA) is 171 Å². The molecule has 29 heavy (non-hydrogen) atoms. The summed E-state index contributed by atoms with van der Waals surface area (Å²) in [5.41, 5.74) is 1.22. The molecule has 2 aromatic heterocycles. The number of imidazole rings is 2. The average molecular weight is 458 g/mol. The van der Waals surface area contributed by atoms with E-state index in [2.05, 4.69) is 18.6 Å². The van der Waals surface area contributed by atoms with Gasteiger partial charge < -0.3 is 4.98 Å². The zero-order chi connectivity index (χ0) is 20.8. The van der Waals surface area contributed by atoms with Gasteiger partial charge in [-0.2, -0.15) is 25.8 Å². The number of hydrogen-bond donors (Lipinski definition) is 2. The Hall–Kier alpha value is -2.85. The molecule has 0 amide bonds. The Balaban J connectivity index is 1.56. The first-order valence-electron chi connectivity index (χ1n) is 7.57. The fourth-order valence-electron chi connectivity index (χ4n) is 2.45. The van der Waals surface area contributed by atoms with Crippen LogP contribution in [-0.4, -0.2) is 45.3 Å². The summed E-state index contributed by atoms with van der Waals surface area (Å²) >= 11 is -2.78. The van der Waals surface area contributed by atoms with E-state index in [1.165, 1.54) is 30.6 Å². The van der Waals surface area contributed by atoms with Gasteiger partial charge in [0, 0.05) is 0 Å². The lowest BCUT2D eigenvalue weighted by atomic mass is 10.3. The molecule has 0 saturated heterocycles. The van der Waals surface area contributed by atoms with Crippen LogP contribution in [0.25, 0.3) is 22.1 Å². The SMILES string of the molecule is O=S(On1cnc2cc(S(=O)(=O)O)ccc21)OS(=O)(=O)c1ccc2nc[nH]c2c1. The van der Waals surface area contributed by atoms with E-state index in [1.54, 1.807) is 0 Å². The number of nitrogens with zero attached hydrogens (tertiary/aromatic N) is 3. The average Bonchev–Trinajstić information content (AvgIpc) is 3.26. The largest absolute Gasteiger partial charge is 0.396 e. The van der Waals surface area contributed by atoms with Crippen LogP contribution in [0, 0.1) is 0 Å². The first kappa shape index (κ1) is 19.5. The maximum Gasteiger partial charge on any atom is 0.396 e. The third-order valence-electron chi connectivity index (χ3n) is 3.75. The van der Waals surface area contributed by atoms with E-state index in [1.807, 2.05) is 0 Å². The minimum absolute atomic E-state index is 0.0877. The lowest BCUT2D eigenvalue weighted by Gasteiger charge is -2.06. The second kappa shape index (κ2) is 6.89. The third-order valence-corrected chi connectivity index (χ3v) is 6.87. The lowest BCUT2D eigenvalue weighted by molar-refractivity contribution is 0.285. The predicted octanol–water partition coefficient (Wildman–Crippen LogP) is 0.572. The number of H-pyrrole nitrogens is 1. The molecule has 0 bridgehead atoms. The minimum atomic E-state index is -4.44. The summed E-state index contributed by atoms with van der Waals surface area (Å²) in [5, 5.41) is 0. The molecule has 0 fully saturated rings. The molecule has 4 aromatic rings. The highest BCUT2D eigenvalue weighted by Crippen LogP contribution is 2.20. The molecule has 1 unspecified atom stereocenters. The number of fused-ring (bicyclic) bond motifs is 2. The molecular weight excluding hydrogens is 448 g/mol. The van der Waals surface area contributed by atoms with E-state index in [9.17, 15) is 21.0 Å². The van der Waals surface area contributed by atoms with Crippen molar-refractivity contribution in [3.63, 3.8) is 0 Å². The van der Waals surface area contributed by atoms with E-state index in [0.29, 0.717) is 11.0 Å². The molecule has 15 heteroatoms. The summed E-state index contributed by atoms with van der Waals surface area (Å²) < 4.78 is 78.4. The highest BCUT2D eigenvalue weighted by molar-refractivity contribution is 7.95. The van der Waals surface area contributed by atoms with Gasteiger partial charge in [-0.25, -0.2) is 9.97 Å². The molecule has 0 radical (unpaired) electrons. The molecule has 152 valence electrons. The van der Waals surface area contributed by atoms with Crippen molar-refractivity contribution in [1.82, 2.24) is 19.7 Å². The Bertz CT molecular complexity index is 1470. The van der Waals surface area contributed by atoms with Gasteiger partial charge in [-0.1, -0.05) is 0 Å². The maximum atomic E-state index is 12.3. The fraction of sp³-hybridized carbons (Fsp3) is 0. The Morgan fingerprint density at radius 3 is 2.52 bits per heavy atom. The third kappa shape index (κ3) is 3.85. The summed E-state index contributed by atoms with van der Waals surface area (Å²) in [5.74, 6) is 0. The Morgan fingerprint density at radius 1 is 1.00 bits per heavy atom. The Labute approximate surface area is 165 Å². The number of rotatable bonds is 6. The van der Waals surface area contributed by atoms with Gasteiger partial charge in [0.15, 0.2) is 0 Å². The number of hydrogen-bond acceptors (Lipinski definition) is 9. The first-order chi connectivity index (χ1) is 13.6. The van der Waals surface area contributed by atoms with Crippen LogP contribution in [0.15, 0.2) is 58.8 Å². The van der Waals surface area contributed by atoms with Crippen molar-refractivity contribution in [3.8, 4) is 0 Å². The summed E-state index contributed by atoms with van der Waals surface area (Å²) in [6.45, 7) is 0. The van der Waals surface area contributed by atoms with Gasteiger partial charge in [0.2, 0.25) is 0 Å². The molecule has 0 saturated carbocycles. The van der Waals surface area contributed by atoms with Crippen LogP contribution in [0.5, 0.6) is 0 Å². The molecule has 0 aliphatic heterocycles. The van der Waals surface area contributed by atoms with Crippen molar-refractivity contribution in [2.75, 3.05) is 0 Å². The molecule has 0 aliphatic rings. The second-order valence-electron chi connectivity index (χ2n) is 5.58. The van der Waals surface area contributed by atoms with Crippen molar-refractivity contribution in [2.45, 2.75) is 9.79 Å². The molecule has 0 spiro atoms. The monoisotopic (exact) mass is 458 g/mol. The second-order valence-corrected chi connectivity index (χ2v) is 9.48. The Morgan fingerprint density at radius 2 is 1.76 bits per heavy atom. The van der Waals surface area contributed by atoms with E-state index >= 15 is 0 Å². The van der Waals surface area contributed by atoms with E-state index in [0.717, 1.165) is 23.2 Å². The van der Waals surface area contributed by atoms with E-state index in [4.69, 9.17) is 8.84 Å². The highest BCUT2D eigenvalue weighted by Gasteiger charge is 2.23. The van der Waals surface area contributed by atoms with Gasteiger partial charge >= 0.3 is 21.5 Å². The number of benzene rings is 2. The zero-order valence-corrected chi connectivity index (χ0v) is 16.4. The number of aromatic nitrogens is 4. The van der Waals surface area contributed by atoms with Gasteiger partial charge in [-0.05, 0) is 36.4 Å². The van der Waals surface area contributed by atoms with Gasteiger partial charge in [0.25, 0.3) is 10.1 Å². The summed E-state index contributed by atoms with van der Waals surface area (Å²) in [6, 6.07) is 7.30. The van der Waals surface area contributed by atoms with Gasteiger partial charge in [-0.15, -0.1) is 3.63 Å². The normalized spacial score (nSPS) is 13.7. The summed E-state index contributed by atoms with van der Waals surface area (Å²) in [4.78, 5) is 9.89.